The highest BCUT2D eigenvalue weighted by atomic mass is 35.5. The fourth-order valence-corrected chi connectivity index (χ4v) is 2.63. The molecule has 0 aliphatic carbocycles. The Labute approximate surface area is 161 Å². The molecule has 2 rings (SSSR count). The Morgan fingerprint density at radius 3 is 2.46 bits per heavy atom. The normalized spacial score (nSPS) is 10.9. The van der Waals surface area contributed by atoms with Crippen molar-refractivity contribution in [2.75, 3.05) is 6.61 Å². The van der Waals surface area contributed by atoms with Crippen LogP contribution in [0.2, 0.25) is 10.0 Å². The quantitative estimate of drug-likeness (QED) is 0.532. The van der Waals surface area contributed by atoms with E-state index >= 15 is 0 Å². The van der Waals surface area contributed by atoms with E-state index in [4.69, 9.17) is 37.9 Å². The summed E-state index contributed by atoms with van der Waals surface area (Å²) in [6, 6.07) is 11.5. The summed E-state index contributed by atoms with van der Waals surface area (Å²) >= 11 is 12.3. The zero-order valence-electron chi connectivity index (χ0n) is 13.8. The fraction of sp³-hybridized carbons (Fsp3) is 0.158. The molecule has 0 heterocycles. The van der Waals surface area contributed by atoms with Gasteiger partial charge in [0.15, 0.2) is 11.5 Å². The predicted molar refractivity (Wildman–Crippen MR) is 97.0 cm³/mol. The Balaban J connectivity index is 2.29. The van der Waals surface area contributed by atoms with E-state index in [1.54, 1.807) is 49.4 Å². The summed E-state index contributed by atoms with van der Waals surface area (Å²) in [5.74, 6) is -0.703. The van der Waals surface area contributed by atoms with Crippen LogP contribution >= 0.6 is 23.2 Å². The summed E-state index contributed by atoms with van der Waals surface area (Å²) in [6.07, 6.45) is 1.20. The highest BCUT2D eigenvalue weighted by Gasteiger charge is 2.10. The van der Waals surface area contributed by atoms with Gasteiger partial charge in [-0.15, -0.1) is 0 Å². The van der Waals surface area contributed by atoms with E-state index in [1.165, 1.54) is 6.08 Å². The minimum atomic E-state index is -1.54. The molecular weight excluding hydrogens is 377 g/mol. The largest absolute Gasteiger partial charge is 0.544 e. The van der Waals surface area contributed by atoms with Crippen molar-refractivity contribution in [3.05, 3.63) is 63.1 Å². The maximum atomic E-state index is 10.9. The highest BCUT2D eigenvalue weighted by molar-refractivity contribution is 6.35. The van der Waals surface area contributed by atoms with E-state index in [0.717, 1.165) is 0 Å². The molecule has 0 atom stereocenters. The van der Waals surface area contributed by atoms with Crippen molar-refractivity contribution in [2.45, 2.75) is 13.5 Å². The Bertz CT molecular complexity index is 867. The van der Waals surface area contributed by atoms with Crippen molar-refractivity contribution < 1.29 is 19.4 Å². The highest BCUT2D eigenvalue weighted by Crippen LogP contribution is 2.32. The van der Waals surface area contributed by atoms with Gasteiger partial charge in [-0.25, -0.2) is 0 Å². The molecular formula is C19H14Cl2NO4-. The van der Waals surface area contributed by atoms with Gasteiger partial charge in [0.25, 0.3) is 0 Å². The number of nitriles is 1. The number of carbonyl (C=O) groups is 1. The summed E-state index contributed by atoms with van der Waals surface area (Å²) in [5, 5.41) is 20.7. The third-order valence-corrected chi connectivity index (χ3v) is 4.06. The van der Waals surface area contributed by atoms with Crippen molar-refractivity contribution in [2.24, 2.45) is 0 Å². The van der Waals surface area contributed by atoms with Gasteiger partial charge >= 0.3 is 0 Å². The number of carbonyl (C=O) groups excluding carboxylic acids is 1. The fourth-order valence-electron chi connectivity index (χ4n) is 2.13. The number of ether oxygens (including phenoxy) is 2. The molecule has 0 saturated carbocycles. The first kappa shape index (κ1) is 19.6. The standard InChI is InChI=1S/C19H15Cl2NO4/c1-2-25-18-9-12(8-13(10-22)19(23)24)6-7-17(18)26-11-14-15(20)4-3-5-16(14)21/h3-9H,2,11H2,1H3,(H,23,24)/p-1/b13-8+. The zero-order chi connectivity index (χ0) is 19.1. The maximum Gasteiger partial charge on any atom is 0.161 e. The number of aliphatic carboxylic acids is 1. The summed E-state index contributed by atoms with van der Waals surface area (Å²) in [6.45, 7) is 2.32. The molecule has 5 nitrogen and oxygen atoms in total. The van der Waals surface area contributed by atoms with Gasteiger partial charge in [0, 0.05) is 15.6 Å². The van der Waals surface area contributed by atoms with E-state index in [1.807, 2.05) is 0 Å². The van der Waals surface area contributed by atoms with Gasteiger partial charge in [-0.3, -0.25) is 0 Å². The van der Waals surface area contributed by atoms with Crippen LogP contribution in [0.4, 0.5) is 0 Å². The van der Waals surface area contributed by atoms with Crippen LogP contribution in [0, 0.1) is 11.3 Å². The second kappa shape index (κ2) is 9.14. The first-order valence-corrected chi connectivity index (χ1v) is 8.37. The zero-order valence-corrected chi connectivity index (χ0v) is 15.3. The molecule has 134 valence electrons. The Morgan fingerprint density at radius 2 is 1.88 bits per heavy atom. The topological polar surface area (TPSA) is 82.4 Å². The van der Waals surface area contributed by atoms with Crippen molar-refractivity contribution in [3.63, 3.8) is 0 Å². The van der Waals surface area contributed by atoms with Gasteiger partial charge in [-0.2, -0.15) is 5.26 Å². The van der Waals surface area contributed by atoms with E-state index in [0.29, 0.717) is 39.3 Å². The lowest BCUT2D eigenvalue weighted by Gasteiger charge is -2.14. The van der Waals surface area contributed by atoms with Crippen LogP contribution in [0.25, 0.3) is 6.08 Å². The predicted octanol–water partition coefficient (Wildman–Crippen LogP) is 3.63. The molecule has 0 radical (unpaired) electrons. The average molecular weight is 391 g/mol. The monoisotopic (exact) mass is 390 g/mol. The lowest BCUT2D eigenvalue weighted by atomic mass is 10.1. The number of nitrogens with zero attached hydrogens (tertiary/aromatic N) is 1. The molecule has 2 aromatic rings. The van der Waals surface area contributed by atoms with Crippen molar-refractivity contribution >= 4 is 35.2 Å². The first-order chi connectivity index (χ1) is 12.5. The molecule has 0 aliphatic rings. The van der Waals surface area contributed by atoms with Crippen LogP contribution < -0.4 is 14.6 Å². The number of carboxylic acid groups (broad SMARTS) is 1. The lowest BCUT2D eigenvalue weighted by molar-refractivity contribution is -0.298. The molecule has 0 unspecified atom stereocenters. The summed E-state index contributed by atoms with van der Waals surface area (Å²) in [5.41, 5.74) is 0.632. The van der Waals surface area contributed by atoms with Crippen LogP contribution in [0.15, 0.2) is 42.0 Å². The van der Waals surface area contributed by atoms with E-state index in [9.17, 15) is 9.90 Å². The van der Waals surface area contributed by atoms with Crippen LogP contribution in [0.5, 0.6) is 11.5 Å². The second-order valence-electron chi connectivity index (χ2n) is 5.09. The first-order valence-electron chi connectivity index (χ1n) is 7.62. The van der Waals surface area contributed by atoms with Crippen molar-refractivity contribution in [3.8, 4) is 17.6 Å². The van der Waals surface area contributed by atoms with Crippen molar-refractivity contribution in [1.29, 1.82) is 5.26 Å². The van der Waals surface area contributed by atoms with Crippen LogP contribution in [-0.2, 0) is 11.4 Å². The molecule has 26 heavy (non-hydrogen) atoms. The van der Waals surface area contributed by atoms with E-state index < -0.39 is 11.5 Å². The number of hydrogen-bond donors (Lipinski definition) is 0. The van der Waals surface area contributed by atoms with Gasteiger partial charge < -0.3 is 19.4 Å². The molecule has 0 aliphatic heterocycles. The van der Waals surface area contributed by atoms with Crippen LogP contribution in [0.1, 0.15) is 18.1 Å². The molecule has 0 saturated heterocycles. The summed E-state index contributed by atoms with van der Waals surface area (Å²) < 4.78 is 11.3. The van der Waals surface area contributed by atoms with Crippen molar-refractivity contribution in [1.82, 2.24) is 0 Å². The number of hydrogen-bond acceptors (Lipinski definition) is 5. The third-order valence-electron chi connectivity index (χ3n) is 3.35. The number of rotatable bonds is 7. The van der Waals surface area contributed by atoms with Gasteiger partial charge in [-0.1, -0.05) is 35.3 Å². The maximum absolute atomic E-state index is 10.9. The van der Waals surface area contributed by atoms with Crippen LogP contribution in [-0.4, -0.2) is 12.6 Å². The van der Waals surface area contributed by atoms with Crippen LogP contribution in [0.3, 0.4) is 0 Å². The molecule has 2 aromatic carbocycles. The van der Waals surface area contributed by atoms with Gasteiger partial charge in [-0.05, 0) is 42.8 Å². The second-order valence-corrected chi connectivity index (χ2v) is 5.90. The molecule has 0 bridgehead atoms. The molecule has 0 amide bonds. The molecule has 0 N–H and O–H groups in total. The Kier molecular flexibility index (Phi) is 6.90. The molecule has 0 fully saturated rings. The molecule has 7 heteroatoms. The number of carboxylic acids is 1. The average Bonchev–Trinajstić information content (AvgIpc) is 2.60. The lowest BCUT2D eigenvalue weighted by Crippen LogP contribution is -2.23. The Morgan fingerprint density at radius 1 is 1.19 bits per heavy atom. The van der Waals surface area contributed by atoms with E-state index in [-0.39, 0.29) is 6.61 Å². The number of benzene rings is 2. The minimum Gasteiger partial charge on any atom is -0.544 e. The van der Waals surface area contributed by atoms with Gasteiger partial charge in [0.05, 0.1) is 18.1 Å². The molecule has 0 aromatic heterocycles. The molecule has 0 spiro atoms. The van der Waals surface area contributed by atoms with Gasteiger partial charge in [0.2, 0.25) is 0 Å². The third kappa shape index (κ3) is 4.92. The summed E-state index contributed by atoms with van der Waals surface area (Å²) in [7, 11) is 0. The van der Waals surface area contributed by atoms with Gasteiger partial charge in [0.1, 0.15) is 12.7 Å². The summed E-state index contributed by atoms with van der Waals surface area (Å²) in [4.78, 5) is 10.9. The Hall–Kier alpha value is -2.68. The smallest absolute Gasteiger partial charge is 0.161 e. The van der Waals surface area contributed by atoms with E-state index in [2.05, 4.69) is 0 Å². The SMILES string of the molecule is CCOc1cc(/C=C(\C#N)C(=O)[O-])ccc1OCc1c(Cl)cccc1Cl. The minimum absolute atomic E-state index is 0.135. The number of halogens is 2.